The number of nitrogens with two attached hydrogens (primary N) is 1. The van der Waals surface area contributed by atoms with Crippen LogP contribution >= 0.6 is 0 Å². The summed E-state index contributed by atoms with van der Waals surface area (Å²) in [5.41, 5.74) is 9.73. The minimum atomic E-state index is 0.0193. The first-order valence-corrected chi connectivity index (χ1v) is 5.54. The summed E-state index contributed by atoms with van der Waals surface area (Å²) in [6.07, 6.45) is 1.60. The van der Waals surface area contributed by atoms with Crippen molar-refractivity contribution in [2.45, 2.75) is 0 Å². The number of anilines is 2. The molecule has 4 N–H and O–H groups in total. The van der Waals surface area contributed by atoms with Gasteiger partial charge in [0.15, 0.2) is 17.0 Å². The quantitative estimate of drug-likeness (QED) is 0.594. The standard InChI is InChI=1S/C12H10N6O/c13-12-16-10-9(11(17-12)18-19)15-8(6-14-10)7-4-2-1-3-5-7/h1-6,19H,(H3,13,14,16,17,18). The highest BCUT2D eigenvalue weighted by Crippen LogP contribution is 2.22. The molecule has 0 amide bonds. The molecule has 2 heterocycles. The normalized spacial score (nSPS) is 10.6. The first kappa shape index (κ1) is 11.3. The number of nitrogen functional groups attached to an aromatic ring is 1. The van der Waals surface area contributed by atoms with E-state index in [9.17, 15) is 0 Å². The lowest BCUT2D eigenvalue weighted by atomic mass is 10.2. The molecule has 3 aromatic rings. The maximum Gasteiger partial charge on any atom is 0.224 e. The van der Waals surface area contributed by atoms with Crippen LogP contribution < -0.4 is 11.2 Å². The van der Waals surface area contributed by atoms with E-state index in [1.165, 1.54) is 0 Å². The molecule has 0 fully saturated rings. The fourth-order valence-corrected chi connectivity index (χ4v) is 1.75. The van der Waals surface area contributed by atoms with Gasteiger partial charge in [-0.2, -0.15) is 9.97 Å². The predicted molar refractivity (Wildman–Crippen MR) is 70.4 cm³/mol. The van der Waals surface area contributed by atoms with E-state index in [0.717, 1.165) is 5.56 Å². The maximum absolute atomic E-state index is 9.06. The van der Waals surface area contributed by atoms with E-state index in [1.54, 1.807) is 6.20 Å². The molecule has 0 atom stereocenters. The van der Waals surface area contributed by atoms with E-state index in [1.807, 2.05) is 35.8 Å². The molecule has 7 heteroatoms. The molecule has 0 bridgehead atoms. The van der Waals surface area contributed by atoms with Crippen LogP contribution in [0.1, 0.15) is 0 Å². The molecular weight excluding hydrogens is 244 g/mol. The van der Waals surface area contributed by atoms with Crippen molar-refractivity contribution < 1.29 is 5.21 Å². The highest BCUT2D eigenvalue weighted by Gasteiger charge is 2.10. The van der Waals surface area contributed by atoms with E-state index >= 15 is 0 Å². The Bertz CT molecular complexity index is 731. The molecule has 0 aliphatic heterocycles. The van der Waals surface area contributed by atoms with Crippen LogP contribution in [-0.2, 0) is 0 Å². The Morgan fingerprint density at radius 1 is 1.05 bits per heavy atom. The summed E-state index contributed by atoms with van der Waals surface area (Å²) in [5, 5.41) is 9.06. The van der Waals surface area contributed by atoms with E-state index in [4.69, 9.17) is 10.9 Å². The lowest BCUT2D eigenvalue weighted by Gasteiger charge is -2.05. The summed E-state index contributed by atoms with van der Waals surface area (Å²) in [5.74, 6) is 0.151. The molecule has 0 spiro atoms. The van der Waals surface area contributed by atoms with Gasteiger partial charge >= 0.3 is 0 Å². The van der Waals surface area contributed by atoms with E-state index in [0.29, 0.717) is 16.9 Å². The van der Waals surface area contributed by atoms with Gasteiger partial charge in [-0.15, -0.1) is 0 Å². The Kier molecular flexibility index (Phi) is 2.66. The van der Waals surface area contributed by atoms with Crippen LogP contribution in [0.15, 0.2) is 36.5 Å². The fourth-order valence-electron chi connectivity index (χ4n) is 1.75. The van der Waals surface area contributed by atoms with Gasteiger partial charge in [-0.3, -0.25) is 10.7 Å². The number of nitrogens with one attached hydrogen (secondary N) is 1. The number of hydrogen-bond donors (Lipinski definition) is 3. The van der Waals surface area contributed by atoms with Crippen LogP contribution in [0.5, 0.6) is 0 Å². The molecule has 94 valence electrons. The van der Waals surface area contributed by atoms with Gasteiger partial charge in [0.25, 0.3) is 0 Å². The highest BCUT2D eigenvalue weighted by atomic mass is 16.5. The van der Waals surface area contributed by atoms with Gasteiger partial charge in [0.05, 0.1) is 11.9 Å². The average Bonchev–Trinajstić information content (AvgIpc) is 2.46. The van der Waals surface area contributed by atoms with Crippen molar-refractivity contribution in [2.24, 2.45) is 0 Å². The second-order valence-corrected chi connectivity index (χ2v) is 3.84. The minimum Gasteiger partial charge on any atom is -0.368 e. The highest BCUT2D eigenvalue weighted by molar-refractivity contribution is 5.84. The zero-order chi connectivity index (χ0) is 13.2. The first-order valence-electron chi connectivity index (χ1n) is 5.54. The monoisotopic (exact) mass is 254 g/mol. The van der Waals surface area contributed by atoms with Crippen molar-refractivity contribution in [3.63, 3.8) is 0 Å². The van der Waals surface area contributed by atoms with Gasteiger partial charge in [-0.25, -0.2) is 9.97 Å². The smallest absolute Gasteiger partial charge is 0.224 e. The molecule has 0 aliphatic carbocycles. The van der Waals surface area contributed by atoms with Crippen molar-refractivity contribution in [3.05, 3.63) is 36.5 Å². The van der Waals surface area contributed by atoms with Gasteiger partial charge < -0.3 is 5.73 Å². The number of benzene rings is 1. The van der Waals surface area contributed by atoms with Crippen LogP contribution in [-0.4, -0.2) is 25.1 Å². The molecular formula is C12H10N6O. The molecule has 7 nitrogen and oxygen atoms in total. The van der Waals surface area contributed by atoms with Crippen molar-refractivity contribution >= 4 is 22.9 Å². The molecule has 0 unspecified atom stereocenters. The average molecular weight is 254 g/mol. The number of nitrogens with zero attached hydrogens (tertiary/aromatic N) is 4. The van der Waals surface area contributed by atoms with E-state index in [2.05, 4.69) is 19.9 Å². The van der Waals surface area contributed by atoms with E-state index in [-0.39, 0.29) is 11.8 Å². The summed E-state index contributed by atoms with van der Waals surface area (Å²) >= 11 is 0. The van der Waals surface area contributed by atoms with Crippen LogP contribution in [0.3, 0.4) is 0 Å². The van der Waals surface area contributed by atoms with Crippen LogP contribution in [0.4, 0.5) is 11.8 Å². The number of rotatable bonds is 2. The Morgan fingerprint density at radius 3 is 2.58 bits per heavy atom. The van der Waals surface area contributed by atoms with Crippen LogP contribution in [0, 0.1) is 0 Å². The maximum atomic E-state index is 9.06. The summed E-state index contributed by atoms with van der Waals surface area (Å²) < 4.78 is 0. The second-order valence-electron chi connectivity index (χ2n) is 3.84. The zero-order valence-electron chi connectivity index (χ0n) is 9.78. The topological polar surface area (TPSA) is 110 Å². The molecule has 0 radical (unpaired) electrons. The minimum absolute atomic E-state index is 0.0193. The lowest BCUT2D eigenvalue weighted by molar-refractivity contribution is 0.387. The molecule has 0 saturated heterocycles. The van der Waals surface area contributed by atoms with Crippen molar-refractivity contribution in [1.82, 2.24) is 19.9 Å². The molecule has 19 heavy (non-hydrogen) atoms. The Labute approximate surface area is 108 Å². The number of fused-ring (bicyclic) bond motifs is 1. The van der Waals surface area contributed by atoms with Crippen LogP contribution in [0.2, 0.25) is 0 Å². The lowest BCUT2D eigenvalue weighted by Crippen LogP contribution is -2.04. The third-order valence-electron chi connectivity index (χ3n) is 2.60. The number of aromatic nitrogens is 4. The third kappa shape index (κ3) is 2.02. The van der Waals surface area contributed by atoms with Crippen LogP contribution in [0.25, 0.3) is 22.4 Å². The SMILES string of the molecule is Nc1nc(NO)c2nc(-c3ccccc3)cnc2n1. The van der Waals surface area contributed by atoms with E-state index < -0.39 is 0 Å². The molecule has 0 aliphatic rings. The summed E-state index contributed by atoms with van der Waals surface area (Å²) in [6, 6.07) is 9.57. The van der Waals surface area contributed by atoms with Crippen molar-refractivity contribution in [1.29, 1.82) is 0 Å². The van der Waals surface area contributed by atoms with Gasteiger partial charge in [-0.05, 0) is 0 Å². The Morgan fingerprint density at radius 2 is 1.84 bits per heavy atom. The summed E-state index contributed by atoms with van der Waals surface area (Å²) in [6.45, 7) is 0. The first-order chi connectivity index (χ1) is 9.28. The predicted octanol–water partition coefficient (Wildman–Crippen LogP) is 1.47. The molecule has 3 rings (SSSR count). The Hall–Kier alpha value is -2.80. The molecule has 1 aromatic carbocycles. The van der Waals surface area contributed by atoms with Crippen molar-refractivity contribution in [3.8, 4) is 11.3 Å². The van der Waals surface area contributed by atoms with Gasteiger partial charge in [0.1, 0.15) is 0 Å². The van der Waals surface area contributed by atoms with Gasteiger partial charge in [-0.1, -0.05) is 30.3 Å². The summed E-state index contributed by atoms with van der Waals surface area (Å²) in [4.78, 5) is 16.4. The number of hydrogen-bond acceptors (Lipinski definition) is 7. The summed E-state index contributed by atoms with van der Waals surface area (Å²) in [7, 11) is 0. The zero-order valence-corrected chi connectivity index (χ0v) is 9.78. The van der Waals surface area contributed by atoms with Crippen molar-refractivity contribution in [2.75, 3.05) is 11.2 Å². The van der Waals surface area contributed by atoms with Gasteiger partial charge in [0, 0.05) is 5.56 Å². The third-order valence-corrected chi connectivity index (χ3v) is 2.60. The molecule has 2 aromatic heterocycles. The van der Waals surface area contributed by atoms with Gasteiger partial charge in [0.2, 0.25) is 5.95 Å². The Balaban J connectivity index is 2.23. The fraction of sp³-hybridized carbons (Fsp3) is 0. The second kappa shape index (κ2) is 4.46. The molecule has 0 saturated carbocycles. The largest absolute Gasteiger partial charge is 0.368 e.